The van der Waals surface area contributed by atoms with E-state index in [1.807, 2.05) is 18.2 Å². The molecule has 2 nitrogen and oxygen atoms in total. The fraction of sp³-hybridized carbons (Fsp3) is 0.0870. The van der Waals surface area contributed by atoms with E-state index in [4.69, 9.17) is 9.15 Å². The lowest BCUT2D eigenvalue weighted by atomic mass is 9.90. The molecule has 0 saturated carbocycles. The van der Waals surface area contributed by atoms with Crippen LogP contribution in [0.4, 0.5) is 0 Å². The third-order valence-electron chi connectivity index (χ3n) is 9.48. The van der Waals surface area contributed by atoms with Gasteiger partial charge in [-0.15, -0.1) is 0 Å². The maximum atomic E-state index is 6.69. The summed E-state index contributed by atoms with van der Waals surface area (Å²) in [5, 5.41) is 4.51. The Balaban J connectivity index is 1.45. The van der Waals surface area contributed by atoms with Gasteiger partial charge in [0.1, 0.15) is 23.5 Å². The van der Waals surface area contributed by atoms with E-state index in [0.717, 1.165) is 102 Å². The summed E-state index contributed by atoms with van der Waals surface area (Å²) < 4.78 is 13.3. The van der Waals surface area contributed by atoms with Crippen LogP contribution in [0.15, 0.2) is 157 Å². The predicted molar refractivity (Wildman–Crippen MR) is 202 cm³/mol. The van der Waals surface area contributed by atoms with Crippen LogP contribution in [-0.2, 0) is 6.42 Å². The van der Waals surface area contributed by atoms with Gasteiger partial charge in [0.05, 0.1) is 0 Å². The van der Waals surface area contributed by atoms with Crippen molar-refractivity contribution in [3.63, 3.8) is 0 Å². The molecule has 0 atom stereocenters. The Bertz CT molecular complexity index is 2460. The summed E-state index contributed by atoms with van der Waals surface area (Å²) in [7, 11) is 0. The Kier molecular flexibility index (Phi) is 7.84. The van der Waals surface area contributed by atoms with Crippen molar-refractivity contribution in [1.82, 2.24) is 0 Å². The van der Waals surface area contributed by atoms with Gasteiger partial charge in [0.25, 0.3) is 0 Å². The number of hydrogen-bond donors (Lipinski definition) is 0. The third kappa shape index (κ3) is 5.36. The number of allylic oxidation sites excluding steroid dienone is 5. The fourth-order valence-corrected chi connectivity index (χ4v) is 7.05. The quantitative estimate of drug-likeness (QED) is 0.196. The first-order chi connectivity index (χ1) is 23.7. The molecule has 8 rings (SSSR count). The first kappa shape index (κ1) is 29.5. The zero-order valence-electron chi connectivity index (χ0n) is 26.9. The molecule has 0 radical (unpaired) electrons. The predicted octanol–water partition coefficient (Wildman–Crippen LogP) is 10.2. The second kappa shape index (κ2) is 12.7. The van der Waals surface area contributed by atoms with Gasteiger partial charge in [-0.2, -0.15) is 0 Å². The Morgan fingerprint density at radius 2 is 1.44 bits per heavy atom. The molecule has 2 heteroatoms. The van der Waals surface area contributed by atoms with Gasteiger partial charge in [-0.3, -0.25) is 0 Å². The SMILES string of the molecule is C=Cc1ccccc1C(=C)C1=c2cccc/c2=C(C2=Cc3c(ccc4c3oc3ccccc34)Cc3ccccc3OC2)/C=C/CCC=C1. The highest BCUT2D eigenvalue weighted by Crippen LogP contribution is 2.37. The molecule has 0 spiro atoms. The molecule has 232 valence electrons. The molecule has 0 N–H and O–H groups in total. The number of para-hydroxylation sites is 2. The lowest BCUT2D eigenvalue weighted by Gasteiger charge is -2.15. The normalized spacial score (nSPS) is 16.3. The number of benzene rings is 5. The molecule has 1 aliphatic heterocycles. The molecule has 0 fully saturated rings. The summed E-state index contributed by atoms with van der Waals surface area (Å²) in [5.41, 5.74) is 11.7. The van der Waals surface area contributed by atoms with Crippen molar-refractivity contribution in [2.75, 3.05) is 6.61 Å². The third-order valence-corrected chi connectivity index (χ3v) is 9.48. The highest BCUT2D eigenvalue weighted by atomic mass is 16.5. The number of ether oxygens (including phenoxy) is 1. The average Bonchev–Trinajstić information content (AvgIpc) is 3.54. The number of hydrogen-bond acceptors (Lipinski definition) is 2. The topological polar surface area (TPSA) is 22.4 Å². The van der Waals surface area contributed by atoms with Crippen LogP contribution < -0.4 is 15.2 Å². The molecular formula is C46H36O2. The molecule has 5 aromatic carbocycles. The first-order valence-corrected chi connectivity index (χ1v) is 16.6. The summed E-state index contributed by atoms with van der Waals surface area (Å²) in [5.74, 6) is 0.906. The number of rotatable bonds is 4. The zero-order valence-corrected chi connectivity index (χ0v) is 26.9. The Morgan fingerprint density at radius 1 is 0.688 bits per heavy atom. The van der Waals surface area contributed by atoms with Crippen LogP contribution >= 0.6 is 0 Å². The van der Waals surface area contributed by atoms with E-state index in [9.17, 15) is 0 Å². The van der Waals surface area contributed by atoms with Gasteiger partial charge in [-0.1, -0.05) is 141 Å². The van der Waals surface area contributed by atoms with Gasteiger partial charge in [0, 0.05) is 22.8 Å². The molecule has 2 aliphatic rings. The van der Waals surface area contributed by atoms with E-state index in [0.29, 0.717) is 6.61 Å². The van der Waals surface area contributed by atoms with Crippen molar-refractivity contribution in [2.24, 2.45) is 0 Å². The number of furan rings is 1. The summed E-state index contributed by atoms with van der Waals surface area (Å²) >= 11 is 0. The molecule has 2 heterocycles. The fourth-order valence-electron chi connectivity index (χ4n) is 7.05. The van der Waals surface area contributed by atoms with Gasteiger partial charge in [0.15, 0.2) is 0 Å². The van der Waals surface area contributed by atoms with E-state index in [1.54, 1.807) is 0 Å². The molecule has 6 aromatic rings. The minimum atomic E-state index is 0.409. The first-order valence-electron chi connectivity index (χ1n) is 16.6. The van der Waals surface area contributed by atoms with Crippen molar-refractivity contribution in [3.05, 3.63) is 190 Å². The standard InChI is InChI=1S/C46H36O2/c1-3-32-16-8-10-18-36(32)31(2)37-19-6-4-5-7-20-38(40-22-12-11-21-39(37)40)35-29-43-33(28-34-17-9-14-24-44(34)47-30-35)26-27-42-41-23-13-15-25-45(41)48-46(42)43/h3,6-27,29H,1-2,4-5,28,30H2/b19-6?,20-7+,35-29?,39-37?,40-38+. The minimum absolute atomic E-state index is 0.409. The highest BCUT2D eigenvalue weighted by molar-refractivity contribution is 6.08. The van der Waals surface area contributed by atoms with E-state index >= 15 is 0 Å². The molecular weight excluding hydrogens is 585 g/mol. The van der Waals surface area contributed by atoms with Crippen LogP contribution in [0.2, 0.25) is 0 Å². The average molecular weight is 621 g/mol. The van der Waals surface area contributed by atoms with Crippen LogP contribution in [0.25, 0.3) is 50.8 Å². The smallest absolute Gasteiger partial charge is 0.142 e. The summed E-state index contributed by atoms with van der Waals surface area (Å²) in [6.07, 6.45) is 15.9. The van der Waals surface area contributed by atoms with E-state index in [1.165, 1.54) is 5.56 Å². The molecule has 0 unspecified atom stereocenters. The van der Waals surface area contributed by atoms with Crippen LogP contribution in [0, 0.1) is 0 Å². The van der Waals surface area contributed by atoms with Gasteiger partial charge in [-0.05, 0) is 86.0 Å². The Morgan fingerprint density at radius 3 is 2.33 bits per heavy atom. The van der Waals surface area contributed by atoms with Gasteiger partial charge >= 0.3 is 0 Å². The van der Waals surface area contributed by atoms with Crippen LogP contribution in [-0.4, -0.2) is 6.61 Å². The second-order valence-electron chi connectivity index (χ2n) is 12.4. The van der Waals surface area contributed by atoms with Crippen molar-refractivity contribution >= 4 is 50.8 Å². The molecule has 1 aliphatic carbocycles. The Hall–Kier alpha value is -5.86. The van der Waals surface area contributed by atoms with E-state index in [2.05, 4.69) is 141 Å². The second-order valence-corrected chi connectivity index (χ2v) is 12.4. The lowest BCUT2D eigenvalue weighted by molar-refractivity contribution is 0.354. The van der Waals surface area contributed by atoms with Crippen LogP contribution in [0.5, 0.6) is 5.75 Å². The summed E-state index contributed by atoms with van der Waals surface area (Å²) in [6.45, 7) is 9.14. The molecule has 0 saturated heterocycles. The molecule has 1 aromatic heterocycles. The monoisotopic (exact) mass is 620 g/mol. The van der Waals surface area contributed by atoms with E-state index < -0.39 is 0 Å². The molecule has 0 amide bonds. The zero-order chi connectivity index (χ0) is 32.5. The lowest BCUT2D eigenvalue weighted by Crippen LogP contribution is -2.30. The molecule has 0 bridgehead atoms. The van der Waals surface area contributed by atoms with Crippen LogP contribution in [0.1, 0.15) is 40.7 Å². The van der Waals surface area contributed by atoms with E-state index in [-0.39, 0.29) is 0 Å². The summed E-state index contributed by atoms with van der Waals surface area (Å²) in [4.78, 5) is 0. The largest absolute Gasteiger partial charge is 0.489 e. The van der Waals surface area contributed by atoms with Crippen molar-refractivity contribution in [3.8, 4) is 5.75 Å². The number of fused-ring (bicyclic) bond motifs is 7. The highest BCUT2D eigenvalue weighted by Gasteiger charge is 2.20. The maximum absolute atomic E-state index is 6.69. The van der Waals surface area contributed by atoms with Gasteiger partial charge in [0.2, 0.25) is 0 Å². The van der Waals surface area contributed by atoms with Crippen molar-refractivity contribution in [1.29, 1.82) is 0 Å². The van der Waals surface area contributed by atoms with Gasteiger partial charge < -0.3 is 9.15 Å². The minimum Gasteiger partial charge on any atom is -0.489 e. The van der Waals surface area contributed by atoms with Crippen molar-refractivity contribution in [2.45, 2.75) is 19.3 Å². The molecule has 48 heavy (non-hydrogen) atoms. The van der Waals surface area contributed by atoms with Crippen LogP contribution in [0.3, 0.4) is 0 Å². The maximum Gasteiger partial charge on any atom is 0.142 e. The van der Waals surface area contributed by atoms with Gasteiger partial charge in [-0.25, -0.2) is 0 Å². The van der Waals surface area contributed by atoms with Crippen molar-refractivity contribution < 1.29 is 9.15 Å². The Labute approximate surface area is 281 Å². The summed E-state index contributed by atoms with van der Waals surface area (Å²) in [6, 6.07) is 38.2.